The van der Waals surface area contributed by atoms with E-state index in [0.29, 0.717) is 12.8 Å². The lowest BCUT2D eigenvalue weighted by atomic mass is 9.97. The second-order valence-corrected chi connectivity index (χ2v) is 5.83. The van der Waals surface area contributed by atoms with Crippen molar-refractivity contribution < 1.29 is 18.3 Å². The number of aliphatic hydroxyl groups excluding tert-OH is 1. The zero-order valence-corrected chi connectivity index (χ0v) is 11.2. The Morgan fingerprint density at radius 2 is 1.80 bits per heavy atom. The van der Waals surface area contributed by atoms with E-state index in [-0.39, 0.29) is 11.6 Å². The molecule has 1 aliphatic carbocycles. The van der Waals surface area contributed by atoms with Crippen LogP contribution in [0.4, 0.5) is 13.2 Å². The maximum atomic E-state index is 12.8. The summed E-state index contributed by atoms with van der Waals surface area (Å²) >= 11 is 0. The Morgan fingerprint density at radius 1 is 1.15 bits per heavy atom. The van der Waals surface area contributed by atoms with Crippen LogP contribution in [-0.4, -0.2) is 29.2 Å². The molecule has 1 heterocycles. The molecule has 3 rings (SSSR count). The quantitative estimate of drug-likeness (QED) is 0.902. The second-order valence-electron chi connectivity index (χ2n) is 5.83. The summed E-state index contributed by atoms with van der Waals surface area (Å²) < 4.78 is 38.5. The van der Waals surface area contributed by atoms with Crippen LogP contribution in [0.5, 0.6) is 0 Å². The number of hydrogen-bond acceptors (Lipinski definition) is 2. The van der Waals surface area contributed by atoms with Gasteiger partial charge in [0.2, 0.25) is 0 Å². The van der Waals surface area contributed by atoms with Gasteiger partial charge in [0.05, 0.1) is 11.7 Å². The van der Waals surface area contributed by atoms with Crippen molar-refractivity contribution in [2.75, 3.05) is 13.1 Å². The first-order chi connectivity index (χ1) is 9.42. The lowest BCUT2D eigenvalue weighted by Gasteiger charge is -2.37. The van der Waals surface area contributed by atoms with Crippen LogP contribution in [0.3, 0.4) is 0 Å². The Labute approximate surface area is 116 Å². The molecule has 1 aliphatic heterocycles. The fraction of sp³-hybridized carbons (Fsp3) is 0.600. The van der Waals surface area contributed by atoms with Crippen molar-refractivity contribution in [3.63, 3.8) is 0 Å². The third kappa shape index (κ3) is 2.44. The number of rotatable bonds is 2. The van der Waals surface area contributed by atoms with Crippen LogP contribution in [0.25, 0.3) is 0 Å². The molecule has 1 saturated carbocycles. The van der Waals surface area contributed by atoms with Gasteiger partial charge in [-0.1, -0.05) is 12.1 Å². The van der Waals surface area contributed by atoms with E-state index >= 15 is 0 Å². The summed E-state index contributed by atoms with van der Waals surface area (Å²) in [5.74, 6) is 0. The number of piperidine rings is 1. The number of benzene rings is 1. The van der Waals surface area contributed by atoms with Crippen LogP contribution < -0.4 is 0 Å². The van der Waals surface area contributed by atoms with Crippen molar-refractivity contribution in [3.05, 3.63) is 35.4 Å². The minimum absolute atomic E-state index is 0.221. The first-order valence-corrected chi connectivity index (χ1v) is 7.03. The summed E-state index contributed by atoms with van der Waals surface area (Å²) in [5, 5.41) is 9.56. The van der Waals surface area contributed by atoms with Crippen LogP contribution in [0, 0.1) is 0 Å². The summed E-state index contributed by atoms with van der Waals surface area (Å²) in [6.45, 7) is 1.52. The molecule has 0 amide bonds. The number of aliphatic hydroxyl groups is 1. The van der Waals surface area contributed by atoms with Crippen molar-refractivity contribution in [3.8, 4) is 0 Å². The van der Waals surface area contributed by atoms with Gasteiger partial charge in [-0.05, 0) is 43.4 Å². The van der Waals surface area contributed by atoms with E-state index in [9.17, 15) is 18.3 Å². The number of likely N-dealkylation sites (tertiary alicyclic amines) is 1. The first-order valence-electron chi connectivity index (χ1n) is 7.03. The van der Waals surface area contributed by atoms with Gasteiger partial charge in [-0.2, -0.15) is 13.2 Å². The molecule has 0 radical (unpaired) electrons. The molecule has 20 heavy (non-hydrogen) atoms. The number of nitrogens with zero attached hydrogens (tertiary/aromatic N) is 1. The van der Waals surface area contributed by atoms with E-state index in [0.717, 1.165) is 37.6 Å². The van der Waals surface area contributed by atoms with Crippen LogP contribution in [-0.2, 0) is 11.7 Å². The number of halogens is 3. The number of alkyl halides is 3. The Kier molecular flexibility index (Phi) is 3.29. The summed E-state index contributed by atoms with van der Waals surface area (Å²) in [5.41, 5.74) is -0.0245. The average molecular weight is 285 g/mol. The largest absolute Gasteiger partial charge is 0.416 e. The first kappa shape index (κ1) is 13.9. The van der Waals surface area contributed by atoms with Crippen LogP contribution in [0.1, 0.15) is 36.8 Å². The molecule has 1 aromatic carbocycles. The molecule has 1 N–H and O–H groups in total. The summed E-state index contributed by atoms with van der Waals surface area (Å²) in [7, 11) is 0. The third-order valence-corrected chi connectivity index (χ3v) is 4.52. The van der Waals surface area contributed by atoms with Gasteiger partial charge < -0.3 is 5.11 Å². The Bertz CT molecular complexity index is 488. The Balaban J connectivity index is 1.85. The molecular weight excluding hydrogens is 267 g/mol. The lowest BCUT2D eigenvalue weighted by molar-refractivity contribution is -0.137. The molecule has 2 nitrogen and oxygen atoms in total. The van der Waals surface area contributed by atoms with E-state index < -0.39 is 11.7 Å². The summed E-state index contributed by atoms with van der Waals surface area (Å²) in [4.78, 5) is 2.25. The van der Waals surface area contributed by atoms with Gasteiger partial charge in [-0.15, -0.1) is 0 Å². The molecule has 0 spiro atoms. The molecule has 2 aliphatic rings. The zero-order valence-electron chi connectivity index (χ0n) is 11.2. The van der Waals surface area contributed by atoms with E-state index in [1.165, 1.54) is 12.1 Å². The molecule has 1 saturated heterocycles. The standard InChI is InChI=1S/C15H18F3NO/c16-15(17,18)12-3-1-2-11(10-12)14(6-7-14)19-8-4-13(20)5-9-19/h1-3,10,13,20H,4-9H2. The maximum absolute atomic E-state index is 12.8. The van der Waals surface area contributed by atoms with Crippen molar-refractivity contribution in [2.24, 2.45) is 0 Å². The van der Waals surface area contributed by atoms with E-state index in [4.69, 9.17) is 0 Å². The molecular formula is C15H18F3NO. The summed E-state index contributed by atoms with van der Waals surface area (Å²) in [6.07, 6.45) is -1.32. The van der Waals surface area contributed by atoms with E-state index in [1.807, 2.05) is 0 Å². The molecule has 5 heteroatoms. The normalized spacial score (nSPS) is 23.8. The predicted molar refractivity (Wildman–Crippen MR) is 69.2 cm³/mol. The monoisotopic (exact) mass is 285 g/mol. The van der Waals surface area contributed by atoms with Gasteiger partial charge in [0, 0.05) is 18.6 Å². The van der Waals surface area contributed by atoms with Crippen LogP contribution in [0.15, 0.2) is 24.3 Å². The fourth-order valence-corrected chi connectivity index (χ4v) is 3.18. The highest BCUT2D eigenvalue weighted by molar-refractivity contribution is 5.35. The minimum atomic E-state index is -4.29. The minimum Gasteiger partial charge on any atom is -0.393 e. The molecule has 2 fully saturated rings. The van der Waals surface area contributed by atoms with Crippen molar-refractivity contribution >= 4 is 0 Å². The van der Waals surface area contributed by atoms with Gasteiger partial charge in [-0.25, -0.2) is 0 Å². The van der Waals surface area contributed by atoms with Crippen LogP contribution >= 0.6 is 0 Å². The van der Waals surface area contributed by atoms with Gasteiger partial charge in [0.15, 0.2) is 0 Å². The third-order valence-electron chi connectivity index (χ3n) is 4.52. The highest BCUT2D eigenvalue weighted by atomic mass is 19.4. The topological polar surface area (TPSA) is 23.5 Å². The number of hydrogen-bond donors (Lipinski definition) is 1. The predicted octanol–water partition coefficient (Wildman–Crippen LogP) is 3.15. The fourth-order valence-electron chi connectivity index (χ4n) is 3.18. The van der Waals surface area contributed by atoms with Gasteiger partial charge in [0.25, 0.3) is 0 Å². The SMILES string of the molecule is OC1CCN(C2(c3cccc(C(F)(F)F)c3)CC2)CC1. The highest BCUT2D eigenvalue weighted by Gasteiger charge is 2.50. The van der Waals surface area contributed by atoms with Crippen LogP contribution in [0.2, 0.25) is 0 Å². The van der Waals surface area contributed by atoms with Crippen molar-refractivity contribution in [1.82, 2.24) is 4.90 Å². The Hall–Kier alpha value is -1.07. The molecule has 0 atom stereocenters. The van der Waals surface area contributed by atoms with Crippen molar-refractivity contribution in [1.29, 1.82) is 0 Å². The highest BCUT2D eigenvalue weighted by Crippen LogP contribution is 2.52. The molecule has 0 unspecified atom stereocenters. The lowest BCUT2D eigenvalue weighted by Crippen LogP contribution is -2.43. The zero-order chi connectivity index (χ0) is 14.4. The van der Waals surface area contributed by atoms with Gasteiger partial charge in [-0.3, -0.25) is 4.90 Å². The second kappa shape index (κ2) is 4.74. The molecule has 0 aromatic heterocycles. The molecule has 110 valence electrons. The molecule has 0 bridgehead atoms. The smallest absolute Gasteiger partial charge is 0.393 e. The molecule has 1 aromatic rings. The average Bonchev–Trinajstić information content (AvgIpc) is 3.20. The van der Waals surface area contributed by atoms with E-state index in [2.05, 4.69) is 4.90 Å². The van der Waals surface area contributed by atoms with Crippen molar-refractivity contribution in [2.45, 2.75) is 43.5 Å². The Morgan fingerprint density at radius 3 is 2.35 bits per heavy atom. The van der Waals surface area contributed by atoms with Gasteiger partial charge >= 0.3 is 6.18 Å². The summed E-state index contributed by atoms with van der Waals surface area (Å²) in [6, 6.07) is 5.71. The maximum Gasteiger partial charge on any atom is 0.416 e. The van der Waals surface area contributed by atoms with E-state index in [1.54, 1.807) is 6.07 Å². The van der Waals surface area contributed by atoms with Gasteiger partial charge in [0.1, 0.15) is 0 Å².